The maximum atomic E-state index is 4.78. The fourth-order valence-corrected chi connectivity index (χ4v) is 3.32. The first kappa shape index (κ1) is 16.2. The third kappa shape index (κ3) is 3.04. The molecule has 0 spiro atoms. The molecule has 0 aliphatic carbocycles. The number of fused-ring (bicyclic) bond motifs is 2. The average molecular weight is 433 g/mol. The Bertz CT molecular complexity index is 931. The Kier molecular flexibility index (Phi) is 4.80. The van der Waals surface area contributed by atoms with E-state index in [2.05, 4.69) is 88.6 Å². The van der Waals surface area contributed by atoms with Crippen LogP contribution in [0.4, 0.5) is 11.4 Å². The predicted octanol–water partition coefficient (Wildman–Crippen LogP) is 1.52. The van der Waals surface area contributed by atoms with Gasteiger partial charge in [-0.25, -0.2) is 4.98 Å². The van der Waals surface area contributed by atoms with Gasteiger partial charge >= 0.3 is 0 Å². The van der Waals surface area contributed by atoms with Crippen LogP contribution in [0.1, 0.15) is 0 Å². The van der Waals surface area contributed by atoms with Gasteiger partial charge in [0.15, 0.2) is 5.69 Å². The third-order valence-corrected chi connectivity index (χ3v) is 4.82. The minimum Gasteiger partial charge on any atom is -1.00 e. The number of nitrogens with zero attached hydrogens (tertiary/aromatic N) is 1. The molecule has 0 fully saturated rings. The van der Waals surface area contributed by atoms with Crippen molar-refractivity contribution in [1.82, 2.24) is 4.98 Å². The number of halogens is 2. The minimum absolute atomic E-state index is 0. The molecular weight excluding hydrogens is 419 g/mol. The van der Waals surface area contributed by atoms with Crippen molar-refractivity contribution in [2.24, 2.45) is 0 Å². The molecule has 3 aromatic carbocycles. The number of hydrogen-bond acceptors (Lipinski definition) is 1. The Hall–Kier alpha value is -1.69. The van der Waals surface area contributed by atoms with Gasteiger partial charge in [-0.1, -0.05) is 36.4 Å². The average Bonchev–Trinajstić information content (AvgIpc) is 2.56. The molecule has 2 nitrogen and oxygen atoms in total. The van der Waals surface area contributed by atoms with Crippen LogP contribution in [0, 0.1) is 3.57 Å². The Morgan fingerprint density at radius 2 is 1.22 bits per heavy atom. The topological polar surface area (TPSA) is 29.5 Å². The third-order valence-electron chi connectivity index (χ3n) is 3.83. The first-order valence-electron chi connectivity index (χ1n) is 7.20. The number of rotatable bonds is 2. The van der Waals surface area contributed by atoms with Gasteiger partial charge in [-0.2, -0.15) is 0 Å². The normalized spacial score (nSPS) is 10.7. The van der Waals surface area contributed by atoms with Crippen LogP contribution in [0.25, 0.3) is 21.8 Å². The van der Waals surface area contributed by atoms with Crippen LogP contribution in [0.3, 0.4) is 0 Å². The molecule has 4 rings (SSSR count). The zero-order chi connectivity index (χ0) is 14.9. The number of benzene rings is 3. The smallest absolute Gasteiger partial charge is 0.153 e. The summed E-state index contributed by atoms with van der Waals surface area (Å²) in [5.41, 5.74) is 4.56. The van der Waals surface area contributed by atoms with Crippen LogP contribution in [0.15, 0.2) is 72.8 Å². The van der Waals surface area contributed by atoms with Crippen LogP contribution in [-0.4, -0.2) is 4.98 Å². The van der Waals surface area contributed by atoms with Gasteiger partial charge in [0.2, 0.25) is 0 Å². The molecule has 1 heterocycles. The summed E-state index contributed by atoms with van der Waals surface area (Å²) in [5.74, 6) is 0. The molecule has 23 heavy (non-hydrogen) atoms. The second kappa shape index (κ2) is 6.83. The van der Waals surface area contributed by atoms with Crippen LogP contribution in [0.2, 0.25) is 0 Å². The lowest BCUT2D eigenvalue weighted by molar-refractivity contribution is -0.476. The molecule has 2 N–H and O–H groups in total. The van der Waals surface area contributed by atoms with E-state index in [-0.39, 0.29) is 12.4 Å². The van der Waals surface area contributed by atoms with Gasteiger partial charge in [-0.3, -0.25) is 5.32 Å². The van der Waals surface area contributed by atoms with E-state index in [1.807, 2.05) is 12.1 Å². The molecule has 0 saturated carbocycles. The Morgan fingerprint density at radius 1 is 0.696 bits per heavy atom. The van der Waals surface area contributed by atoms with Crippen molar-refractivity contribution >= 4 is 55.8 Å². The van der Waals surface area contributed by atoms with E-state index in [0.29, 0.717) is 0 Å². The van der Waals surface area contributed by atoms with Gasteiger partial charge in [0.1, 0.15) is 5.69 Å². The second-order valence-corrected chi connectivity index (χ2v) is 6.39. The van der Waals surface area contributed by atoms with Gasteiger partial charge in [-0.05, 0) is 52.9 Å². The van der Waals surface area contributed by atoms with E-state index in [1.54, 1.807) is 0 Å². The second-order valence-electron chi connectivity index (χ2n) is 5.23. The number of aromatic nitrogens is 1. The number of para-hydroxylation sites is 3. The van der Waals surface area contributed by atoms with E-state index in [1.165, 1.54) is 25.7 Å². The largest absolute Gasteiger partial charge is 1.00 e. The van der Waals surface area contributed by atoms with Crippen molar-refractivity contribution in [3.05, 3.63) is 76.4 Å². The Labute approximate surface area is 154 Å². The standard InChI is InChI=1S/C19H13IN2.ClH/c20-15-9-3-6-12-18(15)22-19-13-7-1-4-10-16(13)21-17-11-5-2-8-14(17)19;/h1-12H,(H,21,22);1H. The summed E-state index contributed by atoms with van der Waals surface area (Å²) in [6.07, 6.45) is 0. The SMILES string of the molecule is Ic1ccccc1[NH2+]c1c2ccccc2nc2ccccc12.[Cl-]. The quantitative estimate of drug-likeness (QED) is 0.291. The van der Waals surface area contributed by atoms with E-state index >= 15 is 0 Å². The maximum absolute atomic E-state index is 4.78. The zero-order valence-corrected chi connectivity index (χ0v) is 15.1. The fourth-order valence-electron chi connectivity index (χ4n) is 2.78. The molecule has 0 unspecified atom stereocenters. The van der Waals surface area contributed by atoms with Gasteiger partial charge in [0.05, 0.1) is 25.4 Å². The first-order valence-corrected chi connectivity index (χ1v) is 8.27. The number of pyridine rings is 1. The molecule has 114 valence electrons. The van der Waals surface area contributed by atoms with Crippen molar-refractivity contribution in [1.29, 1.82) is 0 Å². The Morgan fingerprint density at radius 3 is 1.83 bits per heavy atom. The molecule has 0 aliphatic rings. The highest BCUT2D eigenvalue weighted by atomic mass is 127. The summed E-state index contributed by atoms with van der Waals surface area (Å²) in [7, 11) is 0. The van der Waals surface area contributed by atoms with Gasteiger partial charge < -0.3 is 12.4 Å². The van der Waals surface area contributed by atoms with Gasteiger partial charge in [0, 0.05) is 6.07 Å². The minimum atomic E-state index is 0. The molecule has 0 radical (unpaired) electrons. The molecule has 1 aromatic heterocycles. The highest BCUT2D eigenvalue weighted by molar-refractivity contribution is 14.1. The summed E-state index contributed by atoms with van der Waals surface area (Å²) >= 11 is 2.39. The number of quaternary nitrogens is 1. The summed E-state index contributed by atoms with van der Waals surface area (Å²) in [4.78, 5) is 4.78. The van der Waals surface area contributed by atoms with Gasteiger partial charge in [0.25, 0.3) is 0 Å². The summed E-state index contributed by atoms with van der Waals surface area (Å²) < 4.78 is 1.25. The predicted molar refractivity (Wildman–Crippen MR) is 99.7 cm³/mol. The van der Waals surface area contributed by atoms with Crippen molar-refractivity contribution in [2.75, 3.05) is 0 Å². The van der Waals surface area contributed by atoms with E-state index in [4.69, 9.17) is 4.98 Å². The van der Waals surface area contributed by atoms with Crippen LogP contribution >= 0.6 is 22.6 Å². The lowest BCUT2D eigenvalue weighted by Gasteiger charge is -2.09. The molecule has 0 amide bonds. The lowest BCUT2D eigenvalue weighted by atomic mass is 10.1. The molecule has 4 heteroatoms. The zero-order valence-electron chi connectivity index (χ0n) is 12.2. The molecule has 0 atom stereocenters. The van der Waals surface area contributed by atoms with Crippen LogP contribution < -0.4 is 17.7 Å². The molecule has 0 bridgehead atoms. The molecule has 0 saturated heterocycles. The van der Waals surface area contributed by atoms with E-state index in [9.17, 15) is 0 Å². The molecule has 0 aliphatic heterocycles. The Balaban J connectivity index is 0.00000156. The highest BCUT2D eigenvalue weighted by Gasteiger charge is 2.14. The van der Waals surface area contributed by atoms with Gasteiger partial charge in [-0.15, -0.1) is 0 Å². The van der Waals surface area contributed by atoms with Crippen LogP contribution in [-0.2, 0) is 0 Å². The van der Waals surface area contributed by atoms with Crippen molar-refractivity contribution < 1.29 is 17.7 Å². The van der Waals surface area contributed by atoms with Crippen molar-refractivity contribution in [3.63, 3.8) is 0 Å². The van der Waals surface area contributed by atoms with E-state index in [0.717, 1.165) is 11.0 Å². The number of nitrogens with two attached hydrogens (primary N) is 1. The van der Waals surface area contributed by atoms with E-state index < -0.39 is 0 Å². The maximum Gasteiger partial charge on any atom is 0.153 e. The molecule has 4 aromatic rings. The summed E-state index contributed by atoms with van der Waals surface area (Å²) in [5, 5.41) is 4.66. The molecular formula is C19H14ClIN2. The lowest BCUT2D eigenvalue weighted by Crippen LogP contribution is -3.00. The summed E-state index contributed by atoms with van der Waals surface area (Å²) in [6.45, 7) is 0. The van der Waals surface area contributed by atoms with Crippen molar-refractivity contribution in [2.45, 2.75) is 0 Å². The van der Waals surface area contributed by atoms with Crippen LogP contribution in [0.5, 0.6) is 0 Å². The number of hydrogen-bond donors (Lipinski definition) is 1. The fraction of sp³-hybridized carbons (Fsp3) is 0. The highest BCUT2D eigenvalue weighted by Crippen LogP contribution is 2.28. The summed E-state index contributed by atoms with van der Waals surface area (Å²) in [6, 6.07) is 25.1. The first-order chi connectivity index (χ1) is 10.8. The monoisotopic (exact) mass is 432 g/mol. The van der Waals surface area contributed by atoms with Crippen molar-refractivity contribution in [3.8, 4) is 0 Å².